The first-order chi connectivity index (χ1) is 9.51. The summed E-state index contributed by atoms with van der Waals surface area (Å²) in [5.74, 6) is -0.197. The van der Waals surface area contributed by atoms with Gasteiger partial charge in [-0.1, -0.05) is 17.7 Å². The number of nitrogens with one attached hydrogen (secondary N) is 1. The second-order valence-electron chi connectivity index (χ2n) is 6.13. The maximum Gasteiger partial charge on any atom is 0.251 e. The van der Waals surface area contributed by atoms with E-state index in [9.17, 15) is 13.2 Å². The summed E-state index contributed by atoms with van der Waals surface area (Å²) in [6.45, 7) is 7.97. The van der Waals surface area contributed by atoms with E-state index in [1.807, 2.05) is 39.8 Å². The zero-order chi connectivity index (χ0) is 16.3. The first-order valence-electron chi connectivity index (χ1n) is 6.84. The van der Waals surface area contributed by atoms with Crippen molar-refractivity contribution in [3.63, 3.8) is 0 Å². The van der Waals surface area contributed by atoms with Gasteiger partial charge in [0.05, 0.1) is 6.26 Å². The molecule has 0 spiro atoms. The lowest BCUT2D eigenvalue weighted by molar-refractivity contribution is 0.0948. The summed E-state index contributed by atoms with van der Waals surface area (Å²) in [6, 6.07) is 7.24. The summed E-state index contributed by atoms with van der Waals surface area (Å²) < 4.78 is 24.9. The Labute approximate surface area is 127 Å². The molecule has 0 heterocycles. The van der Waals surface area contributed by atoms with Gasteiger partial charge in [0.1, 0.15) is 0 Å². The van der Waals surface area contributed by atoms with Crippen molar-refractivity contribution in [3.8, 4) is 0 Å². The largest absolute Gasteiger partial charge is 0.351 e. The van der Waals surface area contributed by atoms with Gasteiger partial charge in [0.15, 0.2) is 0 Å². The molecule has 0 aromatic heterocycles. The van der Waals surface area contributed by atoms with Crippen LogP contribution in [0.4, 0.5) is 0 Å². The van der Waals surface area contributed by atoms with Crippen molar-refractivity contribution in [2.24, 2.45) is 0 Å². The van der Waals surface area contributed by atoms with Crippen LogP contribution in [0.3, 0.4) is 0 Å². The van der Waals surface area contributed by atoms with E-state index in [-0.39, 0.29) is 19.0 Å². The van der Waals surface area contributed by atoms with E-state index < -0.39 is 15.6 Å². The van der Waals surface area contributed by atoms with Crippen LogP contribution in [0.5, 0.6) is 0 Å². The Morgan fingerprint density at radius 1 is 1.19 bits per heavy atom. The number of amides is 1. The van der Waals surface area contributed by atoms with Crippen molar-refractivity contribution < 1.29 is 13.2 Å². The molecule has 1 rings (SSSR count). The van der Waals surface area contributed by atoms with Crippen molar-refractivity contribution in [2.45, 2.75) is 33.2 Å². The number of aryl methyl sites for hydroxylation is 1. The van der Waals surface area contributed by atoms with Gasteiger partial charge in [-0.15, -0.1) is 0 Å². The standard InChI is InChI=1S/C15H24N2O3S/c1-12-6-8-13(9-7-12)14(18)16-10-11-17(15(2,3)4)21(5,19)20/h6-9H,10-11H2,1-5H3,(H,16,18). The van der Waals surface area contributed by atoms with E-state index in [1.54, 1.807) is 12.1 Å². The van der Waals surface area contributed by atoms with Crippen molar-refractivity contribution in [1.29, 1.82) is 0 Å². The Bertz CT molecular complexity index is 586. The van der Waals surface area contributed by atoms with Crippen LogP contribution in [-0.4, -0.2) is 43.5 Å². The minimum Gasteiger partial charge on any atom is -0.351 e. The highest BCUT2D eigenvalue weighted by Crippen LogP contribution is 2.16. The fourth-order valence-electron chi connectivity index (χ4n) is 2.08. The molecule has 0 aliphatic heterocycles. The van der Waals surface area contributed by atoms with Crippen molar-refractivity contribution >= 4 is 15.9 Å². The number of nitrogens with zero attached hydrogens (tertiary/aromatic N) is 1. The molecule has 0 radical (unpaired) electrons. The molecule has 0 saturated heterocycles. The van der Waals surface area contributed by atoms with Gasteiger partial charge in [0, 0.05) is 24.2 Å². The van der Waals surface area contributed by atoms with E-state index in [1.165, 1.54) is 10.6 Å². The topological polar surface area (TPSA) is 66.5 Å². The normalized spacial score (nSPS) is 12.5. The number of sulfonamides is 1. The molecule has 1 aromatic rings. The highest BCUT2D eigenvalue weighted by Gasteiger charge is 2.28. The molecule has 1 aromatic carbocycles. The molecule has 1 amide bonds. The minimum atomic E-state index is -3.31. The van der Waals surface area contributed by atoms with E-state index in [0.717, 1.165) is 5.56 Å². The number of hydrogen-bond donors (Lipinski definition) is 1. The first-order valence-corrected chi connectivity index (χ1v) is 8.69. The first kappa shape index (κ1) is 17.7. The van der Waals surface area contributed by atoms with Gasteiger partial charge in [0.25, 0.3) is 5.91 Å². The van der Waals surface area contributed by atoms with Gasteiger partial charge in [0.2, 0.25) is 10.0 Å². The summed E-state index contributed by atoms with van der Waals surface area (Å²) in [5, 5.41) is 2.75. The summed E-state index contributed by atoms with van der Waals surface area (Å²) >= 11 is 0. The van der Waals surface area contributed by atoms with Crippen molar-refractivity contribution in [1.82, 2.24) is 9.62 Å². The van der Waals surface area contributed by atoms with Gasteiger partial charge in [-0.2, -0.15) is 4.31 Å². The van der Waals surface area contributed by atoms with Crippen molar-refractivity contribution in [2.75, 3.05) is 19.3 Å². The van der Waals surface area contributed by atoms with Crippen LogP contribution in [0.2, 0.25) is 0 Å². The minimum absolute atomic E-state index is 0.197. The molecule has 1 N–H and O–H groups in total. The molecular weight excluding hydrogens is 288 g/mol. The summed E-state index contributed by atoms with van der Waals surface area (Å²) in [6.07, 6.45) is 1.18. The van der Waals surface area contributed by atoms with Crippen LogP contribution in [-0.2, 0) is 10.0 Å². The Morgan fingerprint density at radius 3 is 2.14 bits per heavy atom. The highest BCUT2D eigenvalue weighted by molar-refractivity contribution is 7.88. The third kappa shape index (κ3) is 5.47. The molecule has 0 bridgehead atoms. The number of rotatable bonds is 5. The lowest BCUT2D eigenvalue weighted by Gasteiger charge is -2.33. The third-order valence-corrected chi connectivity index (χ3v) is 4.59. The monoisotopic (exact) mass is 312 g/mol. The molecule has 0 aliphatic carbocycles. The molecule has 21 heavy (non-hydrogen) atoms. The summed E-state index contributed by atoms with van der Waals surface area (Å²) in [7, 11) is -3.31. The number of carbonyl (C=O) groups is 1. The average molecular weight is 312 g/mol. The highest BCUT2D eigenvalue weighted by atomic mass is 32.2. The van der Waals surface area contributed by atoms with Crippen LogP contribution in [0, 0.1) is 6.92 Å². The maximum atomic E-state index is 12.0. The molecular formula is C15H24N2O3S. The van der Waals surface area contributed by atoms with E-state index in [4.69, 9.17) is 0 Å². The van der Waals surface area contributed by atoms with Gasteiger partial charge in [-0.25, -0.2) is 8.42 Å². The van der Waals surface area contributed by atoms with Gasteiger partial charge >= 0.3 is 0 Å². The van der Waals surface area contributed by atoms with Crippen LogP contribution >= 0.6 is 0 Å². The second-order valence-corrected chi connectivity index (χ2v) is 8.03. The molecule has 0 aliphatic rings. The van der Waals surface area contributed by atoms with Crippen LogP contribution < -0.4 is 5.32 Å². The Morgan fingerprint density at radius 2 is 1.71 bits per heavy atom. The molecule has 118 valence electrons. The second kappa shape index (κ2) is 6.58. The predicted molar refractivity (Wildman–Crippen MR) is 84.8 cm³/mol. The van der Waals surface area contributed by atoms with E-state index in [2.05, 4.69) is 5.32 Å². The number of benzene rings is 1. The quantitative estimate of drug-likeness (QED) is 0.901. The Hall–Kier alpha value is -1.40. The fraction of sp³-hybridized carbons (Fsp3) is 0.533. The molecule has 5 nitrogen and oxygen atoms in total. The van der Waals surface area contributed by atoms with E-state index in [0.29, 0.717) is 5.56 Å². The number of hydrogen-bond acceptors (Lipinski definition) is 3. The van der Waals surface area contributed by atoms with Gasteiger partial charge in [-0.05, 0) is 39.8 Å². The lowest BCUT2D eigenvalue weighted by Crippen LogP contribution is -2.48. The van der Waals surface area contributed by atoms with Gasteiger partial charge < -0.3 is 5.32 Å². The zero-order valence-electron chi connectivity index (χ0n) is 13.3. The van der Waals surface area contributed by atoms with Gasteiger partial charge in [-0.3, -0.25) is 4.79 Å². The van der Waals surface area contributed by atoms with Crippen molar-refractivity contribution in [3.05, 3.63) is 35.4 Å². The van der Waals surface area contributed by atoms with E-state index >= 15 is 0 Å². The molecule has 0 fully saturated rings. The average Bonchev–Trinajstić information content (AvgIpc) is 2.32. The third-order valence-electron chi connectivity index (χ3n) is 3.06. The molecule has 0 saturated carbocycles. The Balaban J connectivity index is 2.63. The zero-order valence-corrected chi connectivity index (χ0v) is 14.1. The Kier molecular flexibility index (Phi) is 5.53. The summed E-state index contributed by atoms with van der Waals surface area (Å²) in [5.41, 5.74) is 1.15. The molecule has 6 heteroatoms. The lowest BCUT2D eigenvalue weighted by atomic mass is 10.1. The SMILES string of the molecule is Cc1ccc(C(=O)NCCN(C(C)(C)C)S(C)(=O)=O)cc1. The number of carbonyl (C=O) groups excluding carboxylic acids is 1. The summed E-state index contributed by atoms with van der Waals surface area (Å²) in [4.78, 5) is 12.0. The molecule has 0 atom stereocenters. The maximum absolute atomic E-state index is 12.0. The molecule has 0 unspecified atom stereocenters. The van der Waals surface area contributed by atoms with Crippen LogP contribution in [0.1, 0.15) is 36.7 Å². The fourth-order valence-corrected chi connectivity index (χ4v) is 3.49. The van der Waals surface area contributed by atoms with Crippen LogP contribution in [0.25, 0.3) is 0 Å². The predicted octanol–water partition coefficient (Wildman–Crippen LogP) is 1.78. The van der Waals surface area contributed by atoms with Crippen LogP contribution in [0.15, 0.2) is 24.3 Å². The smallest absolute Gasteiger partial charge is 0.251 e.